The fraction of sp³-hybridized carbons (Fsp3) is 0.579. The van der Waals surface area contributed by atoms with E-state index in [9.17, 15) is 13.6 Å². The molecule has 3 heterocycles. The van der Waals surface area contributed by atoms with E-state index in [0.29, 0.717) is 35.6 Å². The molecule has 9 heteroatoms. The number of aromatic amines is 1. The zero-order valence-electron chi connectivity index (χ0n) is 15.5. The zero-order valence-corrected chi connectivity index (χ0v) is 15.5. The number of nitrogens with one attached hydrogen (secondary N) is 1. The second-order valence-corrected chi connectivity index (χ2v) is 7.96. The highest BCUT2D eigenvalue weighted by Crippen LogP contribution is 2.47. The number of nitrogens with zero attached hydrogens (tertiary/aromatic N) is 4. The molecule has 7 nitrogen and oxygen atoms in total. The van der Waals surface area contributed by atoms with E-state index in [0.717, 1.165) is 18.6 Å². The molecule has 0 aromatic carbocycles. The smallest absolute Gasteiger partial charge is 0.262 e. The summed E-state index contributed by atoms with van der Waals surface area (Å²) >= 11 is 0. The minimum atomic E-state index is -2.61. The van der Waals surface area contributed by atoms with Crippen LogP contribution in [0.3, 0.4) is 0 Å². The van der Waals surface area contributed by atoms with Crippen LogP contribution in [0.5, 0.6) is 0 Å². The lowest BCUT2D eigenvalue weighted by molar-refractivity contribution is -0.0446. The second kappa shape index (κ2) is 6.22. The van der Waals surface area contributed by atoms with Gasteiger partial charge in [-0.25, -0.2) is 23.4 Å². The molecule has 5 rings (SSSR count). The van der Waals surface area contributed by atoms with Crippen LogP contribution in [0, 0.1) is 6.92 Å². The van der Waals surface area contributed by atoms with Crippen LogP contribution in [-0.2, 0) is 0 Å². The molecule has 3 aromatic rings. The van der Waals surface area contributed by atoms with Crippen LogP contribution >= 0.6 is 0 Å². The van der Waals surface area contributed by atoms with Crippen molar-refractivity contribution in [2.75, 3.05) is 0 Å². The van der Waals surface area contributed by atoms with E-state index in [-0.39, 0.29) is 36.3 Å². The molecule has 0 saturated heterocycles. The first-order valence-electron chi connectivity index (χ1n) is 9.69. The Labute approximate surface area is 159 Å². The molecule has 0 bridgehead atoms. The number of halogens is 2. The first-order chi connectivity index (χ1) is 13.4. The highest BCUT2D eigenvalue weighted by molar-refractivity contribution is 5.73. The number of fused-ring (bicyclic) bond motifs is 1. The van der Waals surface area contributed by atoms with Crippen LogP contribution in [0.25, 0.3) is 11.0 Å². The molecular formula is C19H21F2N5O2. The van der Waals surface area contributed by atoms with Crippen molar-refractivity contribution in [3.8, 4) is 0 Å². The first-order valence-corrected chi connectivity index (χ1v) is 9.69. The van der Waals surface area contributed by atoms with Gasteiger partial charge >= 0.3 is 0 Å². The molecule has 2 aliphatic rings. The fourth-order valence-electron chi connectivity index (χ4n) is 4.33. The number of alkyl halides is 2. The Bertz CT molecular complexity index is 1080. The number of hydrogen-bond donors (Lipinski definition) is 1. The van der Waals surface area contributed by atoms with Crippen molar-refractivity contribution in [3.63, 3.8) is 0 Å². The van der Waals surface area contributed by atoms with Gasteiger partial charge in [-0.15, -0.1) is 0 Å². The van der Waals surface area contributed by atoms with Crippen LogP contribution in [0.2, 0.25) is 0 Å². The van der Waals surface area contributed by atoms with Crippen LogP contribution in [0.1, 0.15) is 73.9 Å². The van der Waals surface area contributed by atoms with Crippen molar-refractivity contribution in [1.82, 2.24) is 24.7 Å². The van der Waals surface area contributed by atoms with Gasteiger partial charge in [0.25, 0.3) is 5.56 Å². The second-order valence-electron chi connectivity index (χ2n) is 7.96. The summed E-state index contributed by atoms with van der Waals surface area (Å²) in [6.07, 6.45) is 5.30. The molecule has 2 fully saturated rings. The molecule has 148 valence electrons. The van der Waals surface area contributed by atoms with Gasteiger partial charge in [-0.3, -0.25) is 4.79 Å². The summed E-state index contributed by atoms with van der Waals surface area (Å²) in [6.45, 7) is 1.85. The van der Waals surface area contributed by atoms with E-state index in [2.05, 4.69) is 15.1 Å². The summed E-state index contributed by atoms with van der Waals surface area (Å²) in [5, 5.41) is 4.70. The number of oxazole rings is 1. The minimum Gasteiger partial charge on any atom is -0.446 e. The number of H-pyrrole nitrogens is 1. The summed E-state index contributed by atoms with van der Waals surface area (Å²) in [7, 11) is 0. The first kappa shape index (κ1) is 17.5. The van der Waals surface area contributed by atoms with E-state index < -0.39 is 5.92 Å². The van der Waals surface area contributed by atoms with Crippen molar-refractivity contribution < 1.29 is 13.2 Å². The minimum absolute atomic E-state index is 0.0224. The summed E-state index contributed by atoms with van der Waals surface area (Å²) < 4.78 is 34.3. The third kappa shape index (κ3) is 2.84. The summed E-state index contributed by atoms with van der Waals surface area (Å²) in [5.41, 5.74) is 0.227. The quantitative estimate of drug-likeness (QED) is 0.735. The molecule has 0 amide bonds. The average molecular weight is 389 g/mol. The predicted octanol–water partition coefficient (Wildman–Crippen LogP) is 3.83. The standard InChI is InChI=1S/C19H21F2N5O2/c1-10-8-22-18(28-10)13-3-2-12(13)15-24-16-14(17(27)25-15)9-23-26(16)11-4-6-19(20,21)7-5-11/h8-9,11-13H,2-7H2,1H3,(H,24,25,27)/t12-,13+/m1/s1. The maximum atomic E-state index is 13.5. The van der Waals surface area contributed by atoms with Gasteiger partial charge in [-0.05, 0) is 32.6 Å². The Morgan fingerprint density at radius 3 is 2.57 bits per heavy atom. The van der Waals surface area contributed by atoms with Crippen LogP contribution in [0.4, 0.5) is 8.78 Å². The number of rotatable bonds is 3. The topological polar surface area (TPSA) is 89.6 Å². The number of aryl methyl sites for hydroxylation is 1. The monoisotopic (exact) mass is 389 g/mol. The molecule has 28 heavy (non-hydrogen) atoms. The van der Waals surface area contributed by atoms with E-state index in [4.69, 9.17) is 9.40 Å². The maximum Gasteiger partial charge on any atom is 0.262 e. The van der Waals surface area contributed by atoms with Crippen LogP contribution < -0.4 is 5.56 Å². The Morgan fingerprint density at radius 2 is 1.93 bits per heavy atom. The van der Waals surface area contributed by atoms with Crippen LogP contribution in [0.15, 0.2) is 21.6 Å². The Balaban J connectivity index is 1.49. The SMILES string of the molecule is Cc1cnc([C@H]2CC[C@H]2c2nc3c(cnn3C3CCC(F)(F)CC3)c(=O)[nH]2)o1. The van der Waals surface area contributed by atoms with Crippen molar-refractivity contribution in [2.45, 2.75) is 69.2 Å². The Morgan fingerprint density at radius 1 is 1.18 bits per heavy atom. The van der Waals surface area contributed by atoms with Gasteiger partial charge < -0.3 is 9.40 Å². The fourth-order valence-corrected chi connectivity index (χ4v) is 4.33. The van der Waals surface area contributed by atoms with Crippen LogP contribution in [-0.4, -0.2) is 30.7 Å². The highest BCUT2D eigenvalue weighted by atomic mass is 19.3. The lowest BCUT2D eigenvalue weighted by atomic mass is 9.73. The lowest BCUT2D eigenvalue weighted by Gasteiger charge is -2.33. The zero-order chi connectivity index (χ0) is 19.5. The number of aromatic nitrogens is 5. The summed E-state index contributed by atoms with van der Waals surface area (Å²) in [4.78, 5) is 24.5. The van der Waals surface area contributed by atoms with E-state index in [1.165, 1.54) is 6.20 Å². The maximum absolute atomic E-state index is 13.5. The molecule has 3 aromatic heterocycles. The van der Waals surface area contributed by atoms with Gasteiger partial charge in [0.15, 0.2) is 11.5 Å². The van der Waals surface area contributed by atoms with E-state index >= 15 is 0 Å². The van der Waals surface area contributed by atoms with Gasteiger partial charge in [0, 0.05) is 24.7 Å². The molecule has 0 unspecified atom stereocenters. The van der Waals surface area contributed by atoms with E-state index in [1.807, 2.05) is 6.92 Å². The highest BCUT2D eigenvalue weighted by Gasteiger charge is 2.39. The Kier molecular flexibility index (Phi) is 3.89. The molecule has 1 N–H and O–H groups in total. The lowest BCUT2D eigenvalue weighted by Crippen LogP contribution is -2.28. The van der Waals surface area contributed by atoms with Gasteiger partial charge in [-0.1, -0.05) is 0 Å². The molecule has 0 spiro atoms. The van der Waals surface area contributed by atoms with Gasteiger partial charge in [-0.2, -0.15) is 5.10 Å². The Hall–Kier alpha value is -2.58. The normalized spacial score (nSPS) is 25.1. The van der Waals surface area contributed by atoms with Gasteiger partial charge in [0.2, 0.25) is 5.92 Å². The van der Waals surface area contributed by atoms with Gasteiger partial charge in [0.05, 0.1) is 18.4 Å². The van der Waals surface area contributed by atoms with E-state index in [1.54, 1.807) is 10.9 Å². The largest absolute Gasteiger partial charge is 0.446 e. The summed E-state index contributed by atoms with van der Waals surface area (Å²) in [6, 6.07) is -0.161. The van der Waals surface area contributed by atoms with Crippen molar-refractivity contribution in [3.05, 3.63) is 40.2 Å². The molecule has 2 aliphatic carbocycles. The molecule has 2 atom stereocenters. The molecule has 0 radical (unpaired) electrons. The number of hydrogen-bond acceptors (Lipinski definition) is 5. The third-order valence-electron chi connectivity index (χ3n) is 6.10. The molecular weight excluding hydrogens is 368 g/mol. The molecule has 0 aliphatic heterocycles. The summed E-state index contributed by atoms with van der Waals surface area (Å²) in [5.74, 6) is -0.493. The van der Waals surface area contributed by atoms with Crippen molar-refractivity contribution in [2.24, 2.45) is 0 Å². The van der Waals surface area contributed by atoms with Gasteiger partial charge in [0.1, 0.15) is 17.0 Å². The van der Waals surface area contributed by atoms with Crippen molar-refractivity contribution in [1.29, 1.82) is 0 Å². The molecule has 2 saturated carbocycles. The average Bonchev–Trinajstić information content (AvgIpc) is 3.21. The third-order valence-corrected chi connectivity index (χ3v) is 6.10. The van der Waals surface area contributed by atoms with Crippen molar-refractivity contribution >= 4 is 11.0 Å². The predicted molar refractivity (Wildman–Crippen MR) is 96.6 cm³/mol.